The summed E-state index contributed by atoms with van der Waals surface area (Å²) >= 11 is 0. The number of aryl methyl sites for hydroxylation is 2. The fourth-order valence-electron chi connectivity index (χ4n) is 4.27. The van der Waals surface area contributed by atoms with Crippen LogP contribution in [0.25, 0.3) is 11.4 Å². The minimum atomic E-state index is 0.139. The molecule has 0 spiro atoms. The van der Waals surface area contributed by atoms with Crippen molar-refractivity contribution in [3.8, 4) is 11.4 Å². The van der Waals surface area contributed by atoms with E-state index in [1.807, 2.05) is 37.0 Å². The second kappa shape index (κ2) is 6.68. The maximum atomic E-state index is 5.68. The zero-order valence-corrected chi connectivity index (χ0v) is 16.3. The molecule has 146 valence electrons. The molecule has 2 aliphatic heterocycles. The highest BCUT2D eigenvalue weighted by molar-refractivity contribution is 6.02. The number of hydrogen-bond donors (Lipinski definition) is 1. The first kappa shape index (κ1) is 17.3. The molecule has 28 heavy (non-hydrogen) atoms. The number of aromatic nitrogens is 6. The van der Waals surface area contributed by atoms with Gasteiger partial charge in [-0.3, -0.25) is 19.2 Å². The number of ether oxygens (including phenoxy) is 1. The minimum absolute atomic E-state index is 0.139. The van der Waals surface area contributed by atoms with Crippen molar-refractivity contribution in [1.82, 2.24) is 34.4 Å². The predicted octanol–water partition coefficient (Wildman–Crippen LogP) is 2.06. The first-order valence-corrected chi connectivity index (χ1v) is 9.61. The standard InChI is InChI=1S/C19H24N8O/c1-12-11-28-9-8-26(12)17-10-15(16-5-7-21-25(16)3)23-19-18(14-4-6-20-24-14)22-13(2)27(17)19/h4-7,12,17H,8-11H2,1-3H3,(H,20,24)/t12-,17?/m1/s1. The summed E-state index contributed by atoms with van der Waals surface area (Å²) in [4.78, 5) is 12.4. The second-order valence-electron chi connectivity index (χ2n) is 7.42. The van der Waals surface area contributed by atoms with Crippen LogP contribution >= 0.6 is 0 Å². The Kier molecular flexibility index (Phi) is 4.13. The van der Waals surface area contributed by atoms with Crippen LogP contribution in [-0.2, 0) is 11.8 Å². The Morgan fingerprint density at radius 2 is 2.14 bits per heavy atom. The van der Waals surface area contributed by atoms with E-state index in [4.69, 9.17) is 14.7 Å². The number of rotatable bonds is 3. The molecule has 1 fully saturated rings. The third kappa shape index (κ3) is 2.70. The van der Waals surface area contributed by atoms with E-state index in [0.29, 0.717) is 6.04 Å². The first-order valence-electron chi connectivity index (χ1n) is 9.61. The molecular weight excluding hydrogens is 356 g/mol. The van der Waals surface area contributed by atoms with Gasteiger partial charge in [-0.1, -0.05) is 0 Å². The van der Waals surface area contributed by atoms with Crippen LogP contribution in [0.1, 0.15) is 31.0 Å². The fraction of sp³-hybridized carbons (Fsp3) is 0.474. The Balaban J connectivity index is 1.68. The van der Waals surface area contributed by atoms with Crippen LogP contribution in [0, 0.1) is 6.92 Å². The van der Waals surface area contributed by atoms with Crippen molar-refractivity contribution in [2.24, 2.45) is 12.0 Å². The highest BCUT2D eigenvalue weighted by Crippen LogP contribution is 2.40. The topological polar surface area (TPSA) is 89.1 Å². The van der Waals surface area contributed by atoms with Gasteiger partial charge in [-0.25, -0.2) is 9.98 Å². The van der Waals surface area contributed by atoms with Gasteiger partial charge in [0.15, 0.2) is 5.82 Å². The van der Waals surface area contributed by atoms with Gasteiger partial charge >= 0.3 is 0 Å². The smallest absolute Gasteiger partial charge is 0.163 e. The maximum absolute atomic E-state index is 5.68. The Bertz CT molecular complexity index is 1020. The lowest BCUT2D eigenvalue weighted by molar-refractivity contribution is -0.0383. The van der Waals surface area contributed by atoms with E-state index in [0.717, 1.165) is 60.6 Å². The molecule has 1 unspecified atom stereocenters. The Morgan fingerprint density at radius 3 is 2.86 bits per heavy atom. The number of aromatic amines is 1. The van der Waals surface area contributed by atoms with E-state index in [1.165, 1.54) is 0 Å². The third-order valence-electron chi connectivity index (χ3n) is 5.65. The van der Waals surface area contributed by atoms with E-state index < -0.39 is 0 Å². The number of nitrogens with one attached hydrogen (secondary N) is 1. The van der Waals surface area contributed by atoms with E-state index in [9.17, 15) is 0 Å². The summed E-state index contributed by atoms with van der Waals surface area (Å²) in [6.07, 6.45) is 4.50. The SMILES string of the molecule is Cc1nc(-c2ccn[nH]2)c2n1C(N1CCOC[C@H]1C)CC(c1ccnn1C)=N2. The second-order valence-corrected chi connectivity index (χ2v) is 7.42. The molecule has 0 saturated carbocycles. The lowest BCUT2D eigenvalue weighted by Crippen LogP contribution is -2.48. The Hall–Kier alpha value is -2.78. The van der Waals surface area contributed by atoms with E-state index in [1.54, 1.807) is 6.20 Å². The van der Waals surface area contributed by atoms with Gasteiger partial charge in [-0.2, -0.15) is 10.2 Å². The van der Waals surface area contributed by atoms with Gasteiger partial charge in [-0.15, -0.1) is 0 Å². The van der Waals surface area contributed by atoms with Crippen LogP contribution in [0.2, 0.25) is 0 Å². The summed E-state index contributed by atoms with van der Waals surface area (Å²) in [6.45, 7) is 6.64. The van der Waals surface area contributed by atoms with Crippen molar-refractivity contribution in [3.05, 3.63) is 36.0 Å². The lowest BCUT2D eigenvalue weighted by atomic mass is 10.1. The minimum Gasteiger partial charge on any atom is -0.379 e. The van der Waals surface area contributed by atoms with Gasteiger partial charge in [0.05, 0.1) is 36.5 Å². The van der Waals surface area contributed by atoms with Crippen LogP contribution in [0.5, 0.6) is 0 Å². The molecule has 0 bridgehead atoms. The molecule has 1 saturated heterocycles. The monoisotopic (exact) mass is 380 g/mol. The average Bonchev–Trinajstić information content (AvgIpc) is 3.42. The molecular formula is C19H24N8O. The molecule has 5 rings (SSSR count). The summed E-state index contributed by atoms with van der Waals surface area (Å²) in [5.74, 6) is 1.82. The summed E-state index contributed by atoms with van der Waals surface area (Å²) in [5.41, 5.74) is 3.77. The molecule has 2 atom stereocenters. The van der Waals surface area contributed by atoms with E-state index in [-0.39, 0.29) is 6.17 Å². The van der Waals surface area contributed by atoms with Gasteiger partial charge in [-0.05, 0) is 26.0 Å². The largest absolute Gasteiger partial charge is 0.379 e. The van der Waals surface area contributed by atoms with Crippen LogP contribution in [0.15, 0.2) is 29.5 Å². The third-order valence-corrected chi connectivity index (χ3v) is 5.65. The summed E-state index contributed by atoms with van der Waals surface area (Å²) in [6, 6.07) is 4.28. The van der Waals surface area contributed by atoms with Gasteiger partial charge in [0.1, 0.15) is 11.5 Å². The molecule has 0 radical (unpaired) electrons. The van der Waals surface area contributed by atoms with Crippen molar-refractivity contribution in [2.75, 3.05) is 19.8 Å². The molecule has 0 aliphatic carbocycles. The van der Waals surface area contributed by atoms with Crippen molar-refractivity contribution in [1.29, 1.82) is 0 Å². The van der Waals surface area contributed by atoms with Crippen LogP contribution in [0.3, 0.4) is 0 Å². The average molecular weight is 380 g/mol. The number of hydrogen-bond acceptors (Lipinski definition) is 6. The number of aliphatic imine (C=N–C) groups is 1. The molecule has 0 aromatic carbocycles. The lowest BCUT2D eigenvalue weighted by Gasteiger charge is -2.42. The Morgan fingerprint density at radius 1 is 1.25 bits per heavy atom. The normalized spacial score (nSPS) is 22.9. The highest BCUT2D eigenvalue weighted by Gasteiger charge is 2.36. The van der Waals surface area contributed by atoms with Gasteiger partial charge < -0.3 is 4.74 Å². The van der Waals surface area contributed by atoms with E-state index in [2.05, 4.69) is 31.7 Å². The van der Waals surface area contributed by atoms with Crippen LogP contribution in [-0.4, -0.2) is 65.9 Å². The van der Waals surface area contributed by atoms with Crippen molar-refractivity contribution < 1.29 is 4.74 Å². The number of H-pyrrole nitrogens is 1. The quantitative estimate of drug-likeness (QED) is 0.751. The molecule has 3 aromatic heterocycles. The van der Waals surface area contributed by atoms with Gasteiger partial charge in [0.25, 0.3) is 0 Å². The first-order chi connectivity index (χ1) is 13.6. The number of fused-ring (bicyclic) bond motifs is 1. The van der Waals surface area contributed by atoms with Crippen molar-refractivity contribution >= 4 is 11.5 Å². The molecule has 9 heteroatoms. The number of morpholine rings is 1. The molecule has 1 N–H and O–H groups in total. The molecule has 3 aromatic rings. The van der Waals surface area contributed by atoms with Crippen LogP contribution < -0.4 is 0 Å². The number of nitrogens with zero attached hydrogens (tertiary/aromatic N) is 7. The number of imidazole rings is 1. The van der Waals surface area contributed by atoms with Crippen molar-refractivity contribution in [2.45, 2.75) is 32.5 Å². The zero-order valence-electron chi connectivity index (χ0n) is 16.3. The molecule has 0 amide bonds. The summed E-state index contributed by atoms with van der Waals surface area (Å²) < 4.78 is 9.82. The Labute approximate surface area is 163 Å². The summed E-state index contributed by atoms with van der Waals surface area (Å²) in [5, 5.41) is 11.5. The van der Waals surface area contributed by atoms with Crippen molar-refractivity contribution in [3.63, 3.8) is 0 Å². The summed E-state index contributed by atoms with van der Waals surface area (Å²) in [7, 11) is 1.96. The molecule has 5 heterocycles. The van der Waals surface area contributed by atoms with E-state index >= 15 is 0 Å². The zero-order chi connectivity index (χ0) is 19.3. The molecule has 9 nitrogen and oxygen atoms in total. The van der Waals surface area contributed by atoms with Gasteiger partial charge in [0, 0.05) is 38.4 Å². The van der Waals surface area contributed by atoms with Crippen LogP contribution in [0.4, 0.5) is 5.82 Å². The highest BCUT2D eigenvalue weighted by atomic mass is 16.5. The maximum Gasteiger partial charge on any atom is 0.163 e. The van der Waals surface area contributed by atoms with Gasteiger partial charge in [0.2, 0.25) is 0 Å². The predicted molar refractivity (Wildman–Crippen MR) is 105 cm³/mol. The molecule has 2 aliphatic rings. The fourth-order valence-corrected chi connectivity index (χ4v) is 4.27.